The molecular weight excluding hydrogens is 280 g/mol. The van der Waals surface area contributed by atoms with E-state index in [9.17, 15) is 4.79 Å². The van der Waals surface area contributed by atoms with E-state index in [0.29, 0.717) is 12.5 Å². The van der Waals surface area contributed by atoms with E-state index in [1.54, 1.807) is 0 Å². The molecule has 2 aliphatic carbocycles. The van der Waals surface area contributed by atoms with Gasteiger partial charge in [0.25, 0.3) is 0 Å². The number of nitriles is 1. The molecule has 1 spiro atoms. The lowest BCUT2D eigenvalue weighted by atomic mass is 9.53. The highest BCUT2D eigenvalue weighted by molar-refractivity contribution is 5.75. The van der Waals surface area contributed by atoms with Crippen molar-refractivity contribution < 1.29 is 14.3 Å². The van der Waals surface area contributed by atoms with Gasteiger partial charge in [0.1, 0.15) is 6.10 Å². The van der Waals surface area contributed by atoms with Crippen molar-refractivity contribution in [3.8, 4) is 6.07 Å². The highest BCUT2D eigenvalue weighted by Crippen LogP contribution is 2.62. The third-order valence-corrected chi connectivity index (χ3v) is 6.65. The van der Waals surface area contributed by atoms with E-state index in [0.717, 1.165) is 19.4 Å². The van der Waals surface area contributed by atoms with E-state index in [2.05, 4.69) is 18.3 Å². The molecule has 120 valence electrons. The van der Waals surface area contributed by atoms with E-state index in [1.807, 2.05) is 0 Å². The number of fused-ring (bicyclic) bond motifs is 3. The number of hydrogen-bond acceptors (Lipinski definition) is 5. The van der Waals surface area contributed by atoms with E-state index in [4.69, 9.17) is 14.7 Å². The van der Waals surface area contributed by atoms with Gasteiger partial charge in [-0.05, 0) is 43.4 Å². The lowest BCUT2D eigenvalue weighted by Gasteiger charge is -2.51. The van der Waals surface area contributed by atoms with Crippen molar-refractivity contribution in [2.45, 2.75) is 50.7 Å². The van der Waals surface area contributed by atoms with E-state index < -0.39 is 0 Å². The first-order valence-corrected chi connectivity index (χ1v) is 8.50. The smallest absolute Gasteiger partial charge is 0.310 e. The van der Waals surface area contributed by atoms with Crippen molar-refractivity contribution in [2.75, 3.05) is 19.7 Å². The summed E-state index contributed by atoms with van der Waals surface area (Å²) in [5.41, 5.74) is 0.361. The molecule has 0 amide bonds. The predicted molar refractivity (Wildman–Crippen MR) is 78.7 cm³/mol. The Kier molecular flexibility index (Phi) is 3.25. The molecule has 0 radical (unpaired) electrons. The topological polar surface area (TPSA) is 74.7 Å². The van der Waals surface area contributed by atoms with Crippen LogP contribution >= 0.6 is 0 Å². The molecule has 0 aromatic carbocycles. The van der Waals surface area contributed by atoms with Crippen LogP contribution in [-0.4, -0.2) is 37.4 Å². The van der Waals surface area contributed by atoms with Crippen molar-refractivity contribution in [3.63, 3.8) is 0 Å². The normalized spacial score (nSPS) is 49.2. The summed E-state index contributed by atoms with van der Waals surface area (Å²) in [6.07, 6.45) is 5.71. The van der Waals surface area contributed by atoms with Gasteiger partial charge < -0.3 is 14.8 Å². The summed E-state index contributed by atoms with van der Waals surface area (Å²) >= 11 is 0. The molecule has 0 bridgehead atoms. The van der Waals surface area contributed by atoms with Gasteiger partial charge in [-0.2, -0.15) is 5.26 Å². The second-order valence-electron chi connectivity index (χ2n) is 7.89. The van der Waals surface area contributed by atoms with Gasteiger partial charge in [-0.3, -0.25) is 4.79 Å². The van der Waals surface area contributed by atoms with Gasteiger partial charge in [0.15, 0.2) is 0 Å². The number of ether oxygens (including phenoxy) is 2. The minimum atomic E-state index is -0.0966. The third-order valence-electron chi connectivity index (χ3n) is 6.65. The van der Waals surface area contributed by atoms with E-state index >= 15 is 0 Å². The largest absolute Gasteiger partial charge is 0.462 e. The second-order valence-corrected chi connectivity index (χ2v) is 7.89. The fourth-order valence-electron chi connectivity index (χ4n) is 5.47. The molecule has 2 heterocycles. The maximum absolute atomic E-state index is 12.2. The van der Waals surface area contributed by atoms with Crippen LogP contribution in [0.25, 0.3) is 0 Å². The molecule has 22 heavy (non-hydrogen) atoms. The number of nitrogens with one attached hydrogen (secondary N) is 1. The summed E-state index contributed by atoms with van der Waals surface area (Å²) in [4.78, 5) is 12.2. The summed E-state index contributed by atoms with van der Waals surface area (Å²) in [6, 6.07) is 2.07. The summed E-state index contributed by atoms with van der Waals surface area (Å²) in [5, 5.41) is 11.7. The maximum atomic E-state index is 12.2. The number of nitrogens with zero attached hydrogens (tertiary/aromatic N) is 1. The van der Waals surface area contributed by atoms with Crippen LogP contribution in [0.3, 0.4) is 0 Å². The summed E-state index contributed by atoms with van der Waals surface area (Å²) in [6.45, 7) is 4.11. The predicted octanol–water partition coefficient (Wildman–Crippen LogP) is 1.63. The number of epoxide rings is 1. The Balaban J connectivity index is 1.54. The average molecular weight is 304 g/mol. The number of carbonyl (C=O) groups is 1. The van der Waals surface area contributed by atoms with Crippen molar-refractivity contribution >= 4 is 5.97 Å². The van der Waals surface area contributed by atoms with Crippen LogP contribution < -0.4 is 5.32 Å². The highest BCUT2D eigenvalue weighted by Gasteiger charge is 2.64. The maximum Gasteiger partial charge on any atom is 0.310 e. The number of hydrogen-bond donors (Lipinski definition) is 1. The van der Waals surface area contributed by atoms with Crippen LogP contribution in [0.2, 0.25) is 0 Å². The fourth-order valence-corrected chi connectivity index (χ4v) is 5.47. The van der Waals surface area contributed by atoms with Gasteiger partial charge >= 0.3 is 5.97 Å². The number of rotatable bonds is 3. The highest BCUT2D eigenvalue weighted by atomic mass is 16.6. The quantitative estimate of drug-likeness (QED) is 0.371. The molecule has 4 rings (SSSR count). The molecule has 2 saturated heterocycles. The summed E-state index contributed by atoms with van der Waals surface area (Å²) in [5.74, 6) is 0.674. The van der Waals surface area contributed by atoms with Gasteiger partial charge in [0, 0.05) is 12.5 Å². The van der Waals surface area contributed by atoms with Crippen LogP contribution in [0.5, 0.6) is 0 Å². The monoisotopic (exact) mass is 304 g/mol. The third kappa shape index (κ3) is 2.08. The first-order chi connectivity index (χ1) is 10.6. The SMILES string of the molecule is CC12CCCC3(CO3)C1CC1C(C2)OC(=O)C1CNCC#N. The molecule has 0 aromatic heterocycles. The molecule has 4 fully saturated rings. The molecule has 2 saturated carbocycles. The standard InChI is InChI=1S/C17H24N2O3/c1-16-3-2-4-17(10-21-17)14(16)7-11-12(9-19-6-5-18)15(20)22-13(11)8-16/h11-14,19H,2-4,6-10H2,1H3. The van der Waals surface area contributed by atoms with Gasteiger partial charge in [0.2, 0.25) is 0 Å². The van der Waals surface area contributed by atoms with Crippen LogP contribution in [0.4, 0.5) is 0 Å². The molecule has 5 heteroatoms. The second kappa shape index (κ2) is 4.94. The van der Waals surface area contributed by atoms with Crippen LogP contribution in [-0.2, 0) is 14.3 Å². The Labute approximate surface area is 131 Å². The van der Waals surface area contributed by atoms with Crippen molar-refractivity contribution in [1.82, 2.24) is 5.32 Å². The number of carbonyl (C=O) groups excluding carboxylic acids is 1. The Morgan fingerprint density at radius 2 is 2.27 bits per heavy atom. The van der Waals surface area contributed by atoms with Crippen molar-refractivity contribution in [3.05, 3.63) is 0 Å². The van der Waals surface area contributed by atoms with Crippen LogP contribution in [0.1, 0.15) is 39.0 Å². The Morgan fingerprint density at radius 1 is 1.45 bits per heavy atom. The molecular formula is C17H24N2O3. The first-order valence-electron chi connectivity index (χ1n) is 8.50. The summed E-state index contributed by atoms with van der Waals surface area (Å²) in [7, 11) is 0. The first kappa shape index (κ1) is 14.5. The minimum absolute atomic E-state index is 0.0662. The van der Waals surface area contributed by atoms with E-state index in [1.165, 1.54) is 19.3 Å². The lowest BCUT2D eigenvalue weighted by molar-refractivity contribution is -0.147. The molecule has 0 aromatic rings. The van der Waals surface area contributed by atoms with Crippen LogP contribution in [0.15, 0.2) is 0 Å². The Morgan fingerprint density at radius 3 is 3.00 bits per heavy atom. The van der Waals surface area contributed by atoms with Crippen molar-refractivity contribution in [2.24, 2.45) is 23.2 Å². The Bertz CT molecular complexity index is 524. The zero-order valence-corrected chi connectivity index (χ0v) is 13.1. The van der Waals surface area contributed by atoms with Crippen molar-refractivity contribution in [1.29, 1.82) is 5.26 Å². The van der Waals surface area contributed by atoms with Gasteiger partial charge in [0.05, 0.1) is 30.7 Å². The number of esters is 1. The van der Waals surface area contributed by atoms with E-state index in [-0.39, 0.29) is 41.5 Å². The molecule has 2 aliphatic heterocycles. The zero-order chi connectivity index (χ0) is 15.4. The molecule has 1 N–H and O–H groups in total. The average Bonchev–Trinajstić information content (AvgIpc) is 3.17. The van der Waals surface area contributed by atoms with Gasteiger partial charge in [-0.1, -0.05) is 6.92 Å². The molecule has 6 atom stereocenters. The molecule has 4 aliphatic rings. The Hall–Kier alpha value is -1.12. The van der Waals surface area contributed by atoms with Gasteiger partial charge in [-0.15, -0.1) is 0 Å². The van der Waals surface area contributed by atoms with Crippen LogP contribution in [0, 0.1) is 34.5 Å². The fraction of sp³-hybridized carbons (Fsp3) is 0.882. The molecule has 5 nitrogen and oxygen atoms in total. The zero-order valence-electron chi connectivity index (χ0n) is 13.1. The molecule has 6 unspecified atom stereocenters. The van der Waals surface area contributed by atoms with Gasteiger partial charge in [-0.25, -0.2) is 0 Å². The lowest BCUT2D eigenvalue weighted by Crippen LogP contribution is -2.51. The summed E-state index contributed by atoms with van der Waals surface area (Å²) < 4.78 is 11.6. The minimum Gasteiger partial charge on any atom is -0.462 e.